The second kappa shape index (κ2) is 8.84. The number of nitrogens with zero attached hydrogens (tertiary/aromatic N) is 2. The zero-order valence-electron chi connectivity index (χ0n) is 17.9. The first-order valence-electron chi connectivity index (χ1n) is 10.6. The summed E-state index contributed by atoms with van der Waals surface area (Å²) in [4.78, 5) is 31.3. The highest BCUT2D eigenvalue weighted by Crippen LogP contribution is 2.32. The number of amides is 1. The van der Waals surface area contributed by atoms with E-state index in [1.807, 2.05) is 66.0 Å². The Labute approximate surface area is 195 Å². The molecule has 0 bridgehead atoms. The van der Waals surface area contributed by atoms with Gasteiger partial charge in [-0.25, -0.2) is 4.98 Å². The highest BCUT2D eigenvalue weighted by atomic mass is 32.1. The summed E-state index contributed by atoms with van der Waals surface area (Å²) in [6.45, 7) is 1.70. The minimum Gasteiger partial charge on any atom is -0.324 e. The molecule has 0 saturated carbocycles. The van der Waals surface area contributed by atoms with E-state index in [1.54, 1.807) is 6.92 Å². The van der Waals surface area contributed by atoms with Gasteiger partial charge in [0.1, 0.15) is 10.9 Å². The number of para-hydroxylation sites is 1. The number of fused-ring (bicyclic) bond motifs is 1. The van der Waals surface area contributed by atoms with Crippen LogP contribution in [-0.4, -0.2) is 15.5 Å². The molecule has 1 unspecified atom stereocenters. The van der Waals surface area contributed by atoms with E-state index >= 15 is 0 Å². The van der Waals surface area contributed by atoms with Crippen molar-refractivity contribution in [3.05, 3.63) is 107 Å². The van der Waals surface area contributed by atoms with Gasteiger partial charge in [-0.1, -0.05) is 72.8 Å². The molecule has 162 valence electrons. The molecule has 5 nitrogen and oxygen atoms in total. The average Bonchev–Trinajstić information content (AvgIpc) is 3.30. The fourth-order valence-electron chi connectivity index (χ4n) is 3.80. The molecule has 3 aromatic carbocycles. The van der Waals surface area contributed by atoms with E-state index in [2.05, 4.69) is 34.6 Å². The molecule has 5 aromatic rings. The number of hydrogen-bond acceptors (Lipinski definition) is 4. The molecular weight excluding hydrogens is 430 g/mol. The van der Waals surface area contributed by atoms with Crippen LogP contribution in [0.2, 0.25) is 0 Å². The summed E-state index contributed by atoms with van der Waals surface area (Å²) in [6.07, 6.45) is 1.46. The third kappa shape index (κ3) is 4.08. The Hall–Kier alpha value is -4.03. The predicted octanol–water partition coefficient (Wildman–Crippen LogP) is 5.99. The molecule has 33 heavy (non-hydrogen) atoms. The van der Waals surface area contributed by atoms with Crippen molar-refractivity contribution in [1.29, 1.82) is 0 Å². The number of hydrogen-bond donors (Lipinski definition) is 1. The molecule has 0 radical (unpaired) electrons. The third-order valence-corrected chi connectivity index (χ3v) is 6.55. The topological polar surface area (TPSA) is 64.0 Å². The van der Waals surface area contributed by atoms with Gasteiger partial charge in [0.05, 0.1) is 11.7 Å². The van der Waals surface area contributed by atoms with Crippen molar-refractivity contribution in [2.75, 3.05) is 5.32 Å². The molecule has 0 spiro atoms. The minimum absolute atomic E-state index is 0.223. The van der Waals surface area contributed by atoms with Crippen LogP contribution in [0.5, 0.6) is 0 Å². The molecular formula is C27H21N3O2S. The molecule has 0 aliphatic rings. The zero-order valence-corrected chi connectivity index (χ0v) is 18.8. The Kier molecular flexibility index (Phi) is 5.59. The Bertz CT molecular complexity index is 1470. The van der Waals surface area contributed by atoms with Crippen molar-refractivity contribution in [1.82, 2.24) is 9.55 Å². The van der Waals surface area contributed by atoms with Gasteiger partial charge in [-0.2, -0.15) is 0 Å². The van der Waals surface area contributed by atoms with Gasteiger partial charge >= 0.3 is 0 Å². The Morgan fingerprint density at radius 2 is 1.48 bits per heavy atom. The van der Waals surface area contributed by atoms with Crippen LogP contribution >= 0.6 is 11.3 Å². The Balaban J connectivity index is 1.49. The number of thiophene rings is 1. The van der Waals surface area contributed by atoms with Crippen LogP contribution in [-0.2, 0) is 4.79 Å². The highest BCUT2D eigenvalue weighted by molar-refractivity contribution is 7.17. The lowest BCUT2D eigenvalue weighted by atomic mass is 10.0. The molecule has 0 fully saturated rings. The summed E-state index contributed by atoms with van der Waals surface area (Å²) in [7, 11) is 0. The zero-order chi connectivity index (χ0) is 22.8. The first-order valence-corrected chi connectivity index (χ1v) is 11.5. The first-order chi connectivity index (χ1) is 16.1. The van der Waals surface area contributed by atoms with Crippen molar-refractivity contribution in [3.63, 3.8) is 0 Å². The van der Waals surface area contributed by atoms with Crippen LogP contribution < -0.4 is 10.9 Å². The van der Waals surface area contributed by atoms with Crippen LogP contribution in [0, 0.1) is 0 Å². The molecule has 1 atom stereocenters. The smallest absolute Gasteiger partial charge is 0.263 e. The molecule has 2 heterocycles. The van der Waals surface area contributed by atoms with Gasteiger partial charge < -0.3 is 5.32 Å². The van der Waals surface area contributed by atoms with Crippen molar-refractivity contribution in [2.24, 2.45) is 0 Å². The summed E-state index contributed by atoms with van der Waals surface area (Å²) in [5.74, 6) is -0.270. The number of carbonyl (C=O) groups excluding carboxylic acids is 1. The standard InChI is InChI=1S/C27H21N3O2S/c1-18(25(31)29-22-10-6-3-7-11-22)30-17-28-26-24(27(30)32)23(16-33-26)21-14-12-20(13-15-21)19-8-4-2-5-9-19/h2-18H,1H3,(H,29,31). The van der Waals surface area contributed by atoms with E-state index in [0.717, 1.165) is 22.3 Å². The molecule has 2 aromatic heterocycles. The largest absolute Gasteiger partial charge is 0.324 e. The monoisotopic (exact) mass is 451 g/mol. The van der Waals surface area contributed by atoms with Gasteiger partial charge in [0.2, 0.25) is 5.91 Å². The van der Waals surface area contributed by atoms with Crippen molar-refractivity contribution >= 4 is 33.1 Å². The highest BCUT2D eigenvalue weighted by Gasteiger charge is 2.20. The van der Waals surface area contributed by atoms with Gasteiger partial charge in [0.15, 0.2) is 0 Å². The summed E-state index contributed by atoms with van der Waals surface area (Å²) >= 11 is 1.43. The SMILES string of the molecule is CC(C(=O)Nc1ccccc1)n1cnc2scc(-c3ccc(-c4ccccc4)cc3)c2c1=O. The van der Waals surface area contributed by atoms with E-state index in [9.17, 15) is 9.59 Å². The van der Waals surface area contributed by atoms with Crippen molar-refractivity contribution in [2.45, 2.75) is 13.0 Å². The number of benzene rings is 3. The van der Waals surface area contributed by atoms with Gasteiger partial charge in [-0.05, 0) is 35.7 Å². The van der Waals surface area contributed by atoms with Crippen LogP contribution in [0.15, 0.2) is 101 Å². The molecule has 6 heteroatoms. The second-order valence-electron chi connectivity index (χ2n) is 7.76. The first kappa shape index (κ1) is 20.8. The number of rotatable bonds is 5. The van der Waals surface area contributed by atoms with Gasteiger partial charge in [-0.15, -0.1) is 11.3 Å². The Morgan fingerprint density at radius 1 is 0.879 bits per heavy atom. The van der Waals surface area contributed by atoms with Crippen LogP contribution in [0.4, 0.5) is 5.69 Å². The predicted molar refractivity (Wildman–Crippen MR) is 135 cm³/mol. The van der Waals surface area contributed by atoms with Crippen molar-refractivity contribution in [3.8, 4) is 22.3 Å². The maximum atomic E-state index is 13.4. The van der Waals surface area contributed by atoms with Crippen LogP contribution in [0.3, 0.4) is 0 Å². The maximum Gasteiger partial charge on any atom is 0.263 e. The average molecular weight is 452 g/mol. The second-order valence-corrected chi connectivity index (χ2v) is 8.62. The summed E-state index contributed by atoms with van der Waals surface area (Å²) in [5, 5.41) is 5.34. The number of carbonyl (C=O) groups is 1. The third-order valence-electron chi connectivity index (χ3n) is 5.66. The van der Waals surface area contributed by atoms with E-state index in [1.165, 1.54) is 22.2 Å². The number of anilines is 1. The molecule has 1 N–H and O–H groups in total. The number of nitrogens with one attached hydrogen (secondary N) is 1. The molecule has 0 aliphatic carbocycles. The van der Waals surface area contributed by atoms with E-state index in [-0.39, 0.29) is 11.5 Å². The van der Waals surface area contributed by atoms with Crippen molar-refractivity contribution < 1.29 is 4.79 Å². The maximum absolute atomic E-state index is 13.4. The lowest BCUT2D eigenvalue weighted by Crippen LogP contribution is -2.31. The molecule has 0 saturated heterocycles. The summed E-state index contributed by atoms with van der Waals surface area (Å²) < 4.78 is 1.40. The summed E-state index contributed by atoms with van der Waals surface area (Å²) in [5.41, 5.74) is 4.49. The fraction of sp³-hybridized carbons (Fsp3) is 0.0741. The van der Waals surface area contributed by atoms with Gasteiger partial charge in [0, 0.05) is 16.6 Å². The van der Waals surface area contributed by atoms with Gasteiger partial charge in [-0.3, -0.25) is 14.2 Å². The van der Waals surface area contributed by atoms with E-state index in [0.29, 0.717) is 15.9 Å². The lowest BCUT2D eigenvalue weighted by molar-refractivity contribution is -0.118. The fourth-order valence-corrected chi connectivity index (χ4v) is 4.71. The number of aromatic nitrogens is 2. The normalized spacial score (nSPS) is 11.9. The quantitative estimate of drug-likeness (QED) is 0.357. The molecule has 1 amide bonds. The van der Waals surface area contributed by atoms with E-state index in [4.69, 9.17) is 0 Å². The van der Waals surface area contributed by atoms with Gasteiger partial charge in [0.25, 0.3) is 5.56 Å². The van der Waals surface area contributed by atoms with E-state index < -0.39 is 6.04 Å². The molecule has 0 aliphatic heterocycles. The Morgan fingerprint density at radius 3 is 2.18 bits per heavy atom. The molecule has 5 rings (SSSR count). The minimum atomic E-state index is -0.706. The van der Waals surface area contributed by atoms with Crippen LogP contribution in [0.25, 0.3) is 32.5 Å². The lowest BCUT2D eigenvalue weighted by Gasteiger charge is -2.15. The summed E-state index contributed by atoms with van der Waals surface area (Å²) in [6, 6.07) is 26.8. The van der Waals surface area contributed by atoms with Crippen LogP contribution in [0.1, 0.15) is 13.0 Å².